The van der Waals surface area contributed by atoms with Gasteiger partial charge in [-0.25, -0.2) is 4.98 Å². The van der Waals surface area contributed by atoms with E-state index in [0.717, 1.165) is 21.7 Å². The molecule has 5 nitrogen and oxygen atoms in total. The highest BCUT2D eigenvalue weighted by atomic mass is 32.2. The van der Waals surface area contributed by atoms with Crippen LogP contribution in [0.2, 0.25) is 0 Å². The van der Waals surface area contributed by atoms with Gasteiger partial charge in [0, 0.05) is 17.3 Å². The third-order valence-electron chi connectivity index (χ3n) is 4.29. The van der Waals surface area contributed by atoms with E-state index in [-0.39, 0.29) is 18.4 Å². The number of para-hydroxylation sites is 1. The van der Waals surface area contributed by atoms with Crippen LogP contribution in [0.1, 0.15) is 15.9 Å². The summed E-state index contributed by atoms with van der Waals surface area (Å²) in [4.78, 5) is 32.6. The Morgan fingerprint density at radius 3 is 2.67 bits per heavy atom. The molecule has 0 atom stereocenters. The molecule has 0 radical (unpaired) electrons. The van der Waals surface area contributed by atoms with Gasteiger partial charge >= 0.3 is 0 Å². The lowest BCUT2D eigenvalue weighted by molar-refractivity contribution is -0.114. The van der Waals surface area contributed by atoms with Crippen LogP contribution in [-0.4, -0.2) is 27.9 Å². The lowest BCUT2D eigenvalue weighted by atomic mass is 10.1. The largest absolute Gasteiger partial charge is 0.297 e. The Hall–Kier alpha value is -3.12. The number of aryl methyl sites for hydroxylation is 1. The van der Waals surface area contributed by atoms with E-state index in [0.29, 0.717) is 4.91 Å². The molecule has 0 N–H and O–H groups in total. The zero-order valence-corrected chi connectivity index (χ0v) is 15.5. The second-order valence-corrected chi connectivity index (χ2v) is 7.33. The third-order valence-corrected chi connectivity index (χ3v) is 5.37. The van der Waals surface area contributed by atoms with Crippen molar-refractivity contribution in [2.24, 2.45) is 0 Å². The number of thioether (sulfide) groups is 1. The minimum atomic E-state index is -0.211. The van der Waals surface area contributed by atoms with Crippen LogP contribution < -0.4 is 4.90 Å². The molecule has 0 aliphatic carbocycles. The molecule has 0 saturated carbocycles. The molecule has 6 heteroatoms. The van der Waals surface area contributed by atoms with Gasteiger partial charge in [0.15, 0.2) is 0 Å². The number of carbonyl (C=O) groups excluding carboxylic acids is 2. The number of rotatable bonds is 3. The molecular formula is C21H17N3O2S. The van der Waals surface area contributed by atoms with E-state index in [1.807, 2.05) is 61.5 Å². The molecule has 2 aromatic carbocycles. The van der Waals surface area contributed by atoms with Crippen LogP contribution in [0.25, 0.3) is 6.08 Å². The Labute approximate surface area is 161 Å². The first-order chi connectivity index (χ1) is 13.1. The van der Waals surface area contributed by atoms with Gasteiger partial charge in [-0.2, -0.15) is 0 Å². The first kappa shape index (κ1) is 17.3. The van der Waals surface area contributed by atoms with Crippen LogP contribution in [0.5, 0.6) is 0 Å². The predicted molar refractivity (Wildman–Crippen MR) is 107 cm³/mol. The molecule has 1 aliphatic heterocycles. The van der Waals surface area contributed by atoms with E-state index in [1.54, 1.807) is 12.4 Å². The molecule has 1 aliphatic rings. The Morgan fingerprint density at radius 2 is 1.93 bits per heavy atom. The molecule has 1 aromatic heterocycles. The molecule has 134 valence electrons. The number of hydrogen-bond acceptors (Lipinski definition) is 4. The van der Waals surface area contributed by atoms with Gasteiger partial charge < -0.3 is 0 Å². The molecule has 0 bridgehead atoms. The summed E-state index contributed by atoms with van der Waals surface area (Å²) in [5.41, 5.74) is 2.87. The normalized spacial score (nSPS) is 15.1. The maximum absolute atomic E-state index is 13.1. The summed E-state index contributed by atoms with van der Waals surface area (Å²) in [5.74, 6) is -0.384. The number of carbonyl (C=O) groups is 2. The average Bonchev–Trinajstić information content (AvgIpc) is 3.21. The monoisotopic (exact) mass is 375 g/mol. The average molecular weight is 375 g/mol. The highest BCUT2D eigenvalue weighted by Gasteiger charge is 2.30. The second kappa shape index (κ2) is 7.25. The molecule has 0 unspecified atom stereocenters. The first-order valence-electron chi connectivity index (χ1n) is 8.50. The van der Waals surface area contributed by atoms with Crippen molar-refractivity contribution in [2.75, 3.05) is 11.4 Å². The fraction of sp³-hybridized carbons (Fsp3) is 0.0952. The number of amides is 1. The highest BCUT2D eigenvalue weighted by Crippen LogP contribution is 2.41. The van der Waals surface area contributed by atoms with E-state index >= 15 is 0 Å². The quantitative estimate of drug-likeness (QED) is 0.649. The van der Waals surface area contributed by atoms with Gasteiger partial charge in [0.25, 0.3) is 11.8 Å². The van der Waals surface area contributed by atoms with Crippen molar-refractivity contribution in [1.82, 2.24) is 9.55 Å². The Balaban J connectivity index is 1.70. The fourth-order valence-electron chi connectivity index (χ4n) is 2.86. The zero-order chi connectivity index (χ0) is 18.8. The molecular weight excluding hydrogens is 358 g/mol. The maximum Gasteiger partial charge on any atom is 0.265 e. The molecule has 3 aromatic rings. The molecule has 1 amide bonds. The summed E-state index contributed by atoms with van der Waals surface area (Å²) in [6.45, 7) is 1.98. The smallest absolute Gasteiger partial charge is 0.265 e. The predicted octanol–water partition coefficient (Wildman–Crippen LogP) is 4.01. The van der Waals surface area contributed by atoms with Gasteiger partial charge in [0.1, 0.15) is 12.9 Å². The summed E-state index contributed by atoms with van der Waals surface area (Å²) >= 11 is 1.43. The topological polar surface area (TPSA) is 55.2 Å². The lowest BCUT2D eigenvalue weighted by Crippen LogP contribution is -2.39. The van der Waals surface area contributed by atoms with Gasteiger partial charge in [-0.1, -0.05) is 53.7 Å². The number of aromatic nitrogens is 2. The number of anilines is 1. The Morgan fingerprint density at radius 1 is 1.15 bits per heavy atom. The van der Waals surface area contributed by atoms with E-state index in [1.165, 1.54) is 27.6 Å². The molecule has 2 heterocycles. The third kappa shape index (κ3) is 3.57. The van der Waals surface area contributed by atoms with Gasteiger partial charge in [0.2, 0.25) is 0 Å². The zero-order valence-electron chi connectivity index (χ0n) is 14.7. The SMILES string of the molecule is Cc1ccc(/C=C2\Sc3ccccc3N(CC(=O)n3ccnc3)C2=O)cc1. The minimum Gasteiger partial charge on any atom is -0.297 e. The van der Waals surface area contributed by atoms with Crippen LogP contribution in [0, 0.1) is 6.92 Å². The molecule has 0 spiro atoms. The Bertz CT molecular complexity index is 1020. The van der Waals surface area contributed by atoms with Crippen LogP contribution >= 0.6 is 11.8 Å². The number of imidazole rings is 1. The van der Waals surface area contributed by atoms with E-state index < -0.39 is 0 Å². The van der Waals surface area contributed by atoms with E-state index in [2.05, 4.69) is 4.98 Å². The van der Waals surface area contributed by atoms with Gasteiger partial charge in [0.05, 0.1) is 10.6 Å². The fourth-order valence-corrected chi connectivity index (χ4v) is 3.92. The van der Waals surface area contributed by atoms with Crippen molar-refractivity contribution in [3.8, 4) is 0 Å². The van der Waals surface area contributed by atoms with Crippen molar-refractivity contribution in [2.45, 2.75) is 11.8 Å². The van der Waals surface area contributed by atoms with Crippen LogP contribution in [0.15, 0.2) is 77.1 Å². The summed E-state index contributed by atoms with van der Waals surface area (Å²) in [6, 6.07) is 15.6. The summed E-state index contributed by atoms with van der Waals surface area (Å²) in [7, 11) is 0. The van der Waals surface area contributed by atoms with Crippen molar-refractivity contribution in [1.29, 1.82) is 0 Å². The van der Waals surface area contributed by atoms with E-state index in [9.17, 15) is 9.59 Å². The van der Waals surface area contributed by atoms with Crippen molar-refractivity contribution >= 4 is 35.3 Å². The van der Waals surface area contributed by atoms with Gasteiger partial charge in [-0.05, 0) is 30.7 Å². The van der Waals surface area contributed by atoms with Gasteiger partial charge in [-0.3, -0.25) is 19.1 Å². The number of hydrogen-bond donors (Lipinski definition) is 0. The summed E-state index contributed by atoms with van der Waals surface area (Å²) < 4.78 is 1.39. The van der Waals surface area contributed by atoms with Crippen molar-refractivity contribution < 1.29 is 9.59 Å². The molecule has 0 fully saturated rings. The van der Waals surface area contributed by atoms with Crippen LogP contribution in [-0.2, 0) is 4.79 Å². The number of fused-ring (bicyclic) bond motifs is 1. The summed E-state index contributed by atoms with van der Waals surface area (Å²) in [6.07, 6.45) is 6.44. The number of benzene rings is 2. The molecule has 27 heavy (non-hydrogen) atoms. The van der Waals surface area contributed by atoms with Gasteiger partial charge in [-0.15, -0.1) is 0 Å². The minimum absolute atomic E-state index is 0.0436. The standard InChI is InChI=1S/C21H17N3O2S/c1-15-6-8-16(9-7-15)12-19-21(26)24(13-20(25)23-11-10-22-14-23)17-4-2-3-5-18(17)27-19/h2-12,14H,13H2,1H3/b19-12-. The van der Waals surface area contributed by atoms with Crippen LogP contribution in [0.4, 0.5) is 5.69 Å². The Kier molecular flexibility index (Phi) is 4.64. The first-order valence-corrected chi connectivity index (χ1v) is 9.32. The molecule has 0 saturated heterocycles. The number of nitrogens with zero attached hydrogens (tertiary/aromatic N) is 3. The lowest BCUT2D eigenvalue weighted by Gasteiger charge is -2.29. The molecule has 4 rings (SSSR count). The second-order valence-electron chi connectivity index (χ2n) is 6.24. The van der Waals surface area contributed by atoms with E-state index in [4.69, 9.17) is 0 Å². The summed E-state index contributed by atoms with van der Waals surface area (Å²) in [5, 5.41) is 0. The van der Waals surface area contributed by atoms with Crippen molar-refractivity contribution in [3.63, 3.8) is 0 Å². The van der Waals surface area contributed by atoms with Crippen molar-refractivity contribution in [3.05, 3.63) is 83.3 Å². The highest BCUT2D eigenvalue weighted by molar-refractivity contribution is 8.04. The van der Waals surface area contributed by atoms with Crippen LogP contribution in [0.3, 0.4) is 0 Å². The maximum atomic E-state index is 13.1.